The molecule has 3 heteroatoms. The maximum atomic E-state index is 13.7. The van der Waals surface area contributed by atoms with E-state index in [1.165, 1.54) is 6.07 Å². The molecule has 0 spiro atoms. The Morgan fingerprint density at radius 3 is 2.83 bits per heavy atom. The number of hydrogen-bond donors (Lipinski definition) is 1. The molecule has 1 aromatic carbocycles. The van der Waals surface area contributed by atoms with Gasteiger partial charge < -0.3 is 5.32 Å². The summed E-state index contributed by atoms with van der Waals surface area (Å²) in [7, 11) is 0. The van der Waals surface area contributed by atoms with Crippen LogP contribution in [0.15, 0.2) is 18.2 Å². The van der Waals surface area contributed by atoms with Crippen molar-refractivity contribution in [3.8, 4) is 0 Å². The second-order valence-electron chi connectivity index (χ2n) is 5.24. The van der Waals surface area contributed by atoms with E-state index < -0.39 is 0 Å². The second kappa shape index (κ2) is 5.51. The van der Waals surface area contributed by atoms with Gasteiger partial charge in [-0.3, -0.25) is 4.79 Å². The van der Waals surface area contributed by atoms with E-state index in [9.17, 15) is 9.18 Å². The number of carbonyl (C=O) groups excluding carboxylic acids is 1. The van der Waals surface area contributed by atoms with Gasteiger partial charge in [0, 0.05) is 12.1 Å². The van der Waals surface area contributed by atoms with Crippen molar-refractivity contribution >= 4 is 11.6 Å². The molecule has 0 unspecified atom stereocenters. The van der Waals surface area contributed by atoms with Gasteiger partial charge in [-0.15, -0.1) is 0 Å². The Morgan fingerprint density at radius 2 is 2.22 bits per heavy atom. The number of hydrogen-bond acceptors (Lipinski definition) is 1. The largest absolute Gasteiger partial charge is 0.326 e. The van der Waals surface area contributed by atoms with Gasteiger partial charge in [-0.2, -0.15) is 0 Å². The third-order valence-corrected chi connectivity index (χ3v) is 3.59. The second-order valence-corrected chi connectivity index (χ2v) is 5.24. The van der Waals surface area contributed by atoms with E-state index in [-0.39, 0.29) is 17.6 Å². The van der Waals surface area contributed by atoms with Crippen LogP contribution < -0.4 is 5.32 Å². The molecule has 0 aromatic heterocycles. The molecule has 1 fully saturated rings. The molecule has 18 heavy (non-hydrogen) atoms. The highest BCUT2D eigenvalue weighted by Crippen LogP contribution is 2.32. The summed E-state index contributed by atoms with van der Waals surface area (Å²) >= 11 is 0. The van der Waals surface area contributed by atoms with Crippen LogP contribution in [0.1, 0.15) is 51.0 Å². The van der Waals surface area contributed by atoms with Crippen molar-refractivity contribution in [3.05, 3.63) is 29.6 Å². The summed E-state index contributed by atoms with van der Waals surface area (Å²) in [6, 6.07) is 4.83. The molecular formula is C15H20FNO. The number of rotatable bonds is 5. The Labute approximate surface area is 108 Å². The normalized spacial score (nSPS) is 16.4. The van der Waals surface area contributed by atoms with E-state index in [0.29, 0.717) is 23.6 Å². The first-order valence-electron chi connectivity index (χ1n) is 6.69. The van der Waals surface area contributed by atoms with Crippen LogP contribution in [0.3, 0.4) is 0 Å². The Balaban J connectivity index is 2.05. The van der Waals surface area contributed by atoms with Crippen LogP contribution in [0.2, 0.25) is 0 Å². The van der Waals surface area contributed by atoms with Crippen LogP contribution in [0.25, 0.3) is 0 Å². The van der Waals surface area contributed by atoms with Crippen LogP contribution in [0.5, 0.6) is 0 Å². The van der Waals surface area contributed by atoms with E-state index in [4.69, 9.17) is 0 Å². The van der Waals surface area contributed by atoms with Gasteiger partial charge in [0.2, 0.25) is 5.91 Å². The molecule has 2 nitrogen and oxygen atoms in total. The molecule has 1 saturated carbocycles. The average molecular weight is 249 g/mol. The Morgan fingerprint density at radius 1 is 1.50 bits per heavy atom. The third-order valence-electron chi connectivity index (χ3n) is 3.59. The number of amides is 1. The fourth-order valence-corrected chi connectivity index (χ4v) is 2.02. The highest BCUT2D eigenvalue weighted by atomic mass is 19.1. The molecular weight excluding hydrogens is 229 g/mol. The van der Waals surface area contributed by atoms with E-state index in [1.54, 1.807) is 12.1 Å². The molecule has 1 amide bonds. The predicted molar refractivity (Wildman–Crippen MR) is 71.1 cm³/mol. The summed E-state index contributed by atoms with van der Waals surface area (Å²) in [5.41, 5.74) is 1.39. The summed E-state index contributed by atoms with van der Waals surface area (Å²) in [6.45, 7) is 4.02. The molecule has 0 bridgehead atoms. The van der Waals surface area contributed by atoms with Gasteiger partial charge in [-0.05, 0) is 54.9 Å². The molecule has 0 heterocycles. The predicted octanol–water partition coefficient (Wildman–Crippen LogP) is 4.08. The smallest absolute Gasteiger partial charge is 0.224 e. The minimum Gasteiger partial charge on any atom is -0.326 e. The van der Waals surface area contributed by atoms with Crippen molar-refractivity contribution in [2.24, 2.45) is 5.92 Å². The number of benzene rings is 1. The minimum absolute atomic E-state index is 0.0409. The first-order valence-corrected chi connectivity index (χ1v) is 6.69. The lowest BCUT2D eigenvalue weighted by Gasteiger charge is -2.13. The SMILES string of the molecule is CC[C@@H](C)c1cc(NC(=O)CC2CC2)ccc1F. The zero-order chi connectivity index (χ0) is 13.1. The Kier molecular flexibility index (Phi) is 4.00. The number of carbonyl (C=O) groups is 1. The van der Waals surface area contributed by atoms with Gasteiger partial charge in [0.1, 0.15) is 5.82 Å². The average Bonchev–Trinajstić information content (AvgIpc) is 3.14. The third kappa shape index (κ3) is 3.31. The zero-order valence-electron chi connectivity index (χ0n) is 11.0. The molecule has 1 N–H and O–H groups in total. The fourth-order valence-electron chi connectivity index (χ4n) is 2.02. The van der Waals surface area contributed by atoms with Gasteiger partial charge in [-0.1, -0.05) is 13.8 Å². The van der Waals surface area contributed by atoms with Crippen LogP contribution >= 0.6 is 0 Å². The van der Waals surface area contributed by atoms with Crippen LogP contribution in [0.4, 0.5) is 10.1 Å². The molecule has 1 aliphatic carbocycles. The van der Waals surface area contributed by atoms with Gasteiger partial charge in [0.25, 0.3) is 0 Å². The Hall–Kier alpha value is -1.38. The summed E-state index contributed by atoms with van der Waals surface area (Å²) < 4.78 is 13.7. The maximum absolute atomic E-state index is 13.7. The lowest BCUT2D eigenvalue weighted by atomic mass is 9.97. The molecule has 0 aliphatic heterocycles. The number of halogens is 1. The fraction of sp³-hybridized carbons (Fsp3) is 0.533. The molecule has 98 valence electrons. The first kappa shape index (κ1) is 13.1. The number of anilines is 1. The molecule has 1 aromatic rings. The van der Waals surface area contributed by atoms with Crippen molar-refractivity contribution in [1.82, 2.24) is 0 Å². The lowest BCUT2D eigenvalue weighted by Crippen LogP contribution is -2.12. The quantitative estimate of drug-likeness (QED) is 0.837. The highest BCUT2D eigenvalue weighted by Gasteiger charge is 2.24. The van der Waals surface area contributed by atoms with Gasteiger partial charge >= 0.3 is 0 Å². The number of nitrogens with one attached hydrogen (secondary N) is 1. The van der Waals surface area contributed by atoms with Crippen LogP contribution in [-0.2, 0) is 4.79 Å². The lowest BCUT2D eigenvalue weighted by molar-refractivity contribution is -0.116. The summed E-state index contributed by atoms with van der Waals surface area (Å²) in [6.07, 6.45) is 3.80. The Bertz CT molecular complexity index is 440. The van der Waals surface area contributed by atoms with E-state index in [1.807, 2.05) is 13.8 Å². The van der Waals surface area contributed by atoms with Crippen LogP contribution in [0, 0.1) is 11.7 Å². The van der Waals surface area contributed by atoms with Crippen molar-refractivity contribution in [2.75, 3.05) is 5.32 Å². The standard InChI is InChI=1S/C15H20FNO/c1-3-10(2)13-9-12(6-7-14(13)16)17-15(18)8-11-4-5-11/h6-7,9-11H,3-5,8H2,1-2H3,(H,17,18)/t10-/m1/s1. The molecule has 0 saturated heterocycles. The topological polar surface area (TPSA) is 29.1 Å². The summed E-state index contributed by atoms with van der Waals surface area (Å²) in [5, 5.41) is 2.85. The minimum atomic E-state index is -0.190. The highest BCUT2D eigenvalue weighted by molar-refractivity contribution is 5.91. The van der Waals surface area contributed by atoms with Crippen LogP contribution in [-0.4, -0.2) is 5.91 Å². The first-order chi connectivity index (χ1) is 8.60. The van der Waals surface area contributed by atoms with Gasteiger partial charge in [0.15, 0.2) is 0 Å². The van der Waals surface area contributed by atoms with E-state index in [2.05, 4.69) is 5.32 Å². The van der Waals surface area contributed by atoms with Gasteiger partial charge in [0.05, 0.1) is 0 Å². The zero-order valence-corrected chi connectivity index (χ0v) is 11.0. The molecule has 1 atom stereocenters. The van der Waals surface area contributed by atoms with Gasteiger partial charge in [-0.25, -0.2) is 4.39 Å². The summed E-state index contributed by atoms with van der Waals surface area (Å²) in [5.74, 6) is 0.591. The summed E-state index contributed by atoms with van der Waals surface area (Å²) in [4.78, 5) is 11.7. The van der Waals surface area contributed by atoms with Crippen molar-refractivity contribution in [1.29, 1.82) is 0 Å². The maximum Gasteiger partial charge on any atom is 0.224 e. The van der Waals surface area contributed by atoms with Crippen molar-refractivity contribution in [3.63, 3.8) is 0 Å². The van der Waals surface area contributed by atoms with E-state index >= 15 is 0 Å². The molecule has 0 radical (unpaired) electrons. The van der Waals surface area contributed by atoms with Crippen molar-refractivity contribution in [2.45, 2.75) is 45.4 Å². The van der Waals surface area contributed by atoms with Crippen molar-refractivity contribution < 1.29 is 9.18 Å². The molecule has 2 rings (SSSR count). The molecule has 1 aliphatic rings. The van der Waals surface area contributed by atoms with E-state index in [0.717, 1.165) is 19.3 Å². The monoisotopic (exact) mass is 249 g/mol.